The van der Waals surface area contributed by atoms with Crippen molar-refractivity contribution in [3.05, 3.63) is 18.5 Å². The molecule has 0 atom stereocenters. The van der Waals surface area contributed by atoms with Crippen molar-refractivity contribution in [3.8, 4) is 0 Å². The van der Waals surface area contributed by atoms with Gasteiger partial charge >= 0.3 is 0 Å². The van der Waals surface area contributed by atoms with Crippen LogP contribution >= 0.6 is 0 Å². The van der Waals surface area contributed by atoms with E-state index in [1.54, 1.807) is 12.3 Å². The van der Waals surface area contributed by atoms with Crippen molar-refractivity contribution in [1.29, 1.82) is 0 Å². The number of hydrogen-bond donors (Lipinski definition) is 0. The lowest BCUT2D eigenvalue weighted by molar-refractivity contribution is 0.420. The molecule has 34 valence electrons. The predicted octanol–water partition coefficient (Wildman–Crippen LogP) is 0.827. The summed E-state index contributed by atoms with van der Waals surface area (Å²) in [5.74, 6) is 0. The number of rotatable bonds is 0. The molecule has 3 heteroatoms. The molecular weight excluding hydrogens is 85.0 g/mol. The summed E-state index contributed by atoms with van der Waals surface area (Å²) in [5, 5.41) is 3.35. The topological polar surface area (TPSA) is 26.0 Å². The number of nitrogens with zero attached hydrogens (tertiary/aromatic N) is 1. The molecular formula is C3H4FNO. The molecule has 1 aromatic heterocycles. The van der Waals surface area contributed by atoms with Gasteiger partial charge in [-0.15, -0.1) is 0 Å². The van der Waals surface area contributed by atoms with E-state index in [4.69, 9.17) is 0 Å². The summed E-state index contributed by atoms with van der Waals surface area (Å²) in [4.78, 5) is 0. The molecule has 0 bridgehead atoms. The molecule has 0 fully saturated rings. The average molecular weight is 89.1 g/mol. The van der Waals surface area contributed by atoms with Gasteiger partial charge in [0.25, 0.3) is 0 Å². The van der Waals surface area contributed by atoms with E-state index in [0.717, 1.165) is 0 Å². The van der Waals surface area contributed by atoms with Crippen LogP contribution in [0, 0.1) is 0 Å². The molecule has 1 aromatic rings. The van der Waals surface area contributed by atoms with Gasteiger partial charge in [0.1, 0.15) is 6.26 Å². The van der Waals surface area contributed by atoms with Gasteiger partial charge in [-0.3, -0.25) is 4.70 Å². The second-order valence-electron chi connectivity index (χ2n) is 0.688. The van der Waals surface area contributed by atoms with Gasteiger partial charge in [0.15, 0.2) is 0 Å². The van der Waals surface area contributed by atoms with E-state index in [2.05, 4.69) is 9.68 Å². The van der Waals surface area contributed by atoms with Gasteiger partial charge in [0, 0.05) is 0 Å². The van der Waals surface area contributed by atoms with Crippen LogP contribution < -0.4 is 0 Å². The van der Waals surface area contributed by atoms with Crippen LogP contribution in [-0.4, -0.2) is 5.16 Å². The molecule has 0 N–H and O–H groups in total. The van der Waals surface area contributed by atoms with E-state index < -0.39 is 0 Å². The zero-order chi connectivity index (χ0) is 3.54. The first-order valence-electron chi connectivity index (χ1n) is 1.34. The van der Waals surface area contributed by atoms with Crippen molar-refractivity contribution in [2.24, 2.45) is 0 Å². The van der Waals surface area contributed by atoms with Crippen LogP contribution in [0.3, 0.4) is 0 Å². The molecule has 0 aromatic carbocycles. The zero-order valence-corrected chi connectivity index (χ0v) is 3.00. The first-order chi connectivity index (χ1) is 2.50. The molecule has 0 aliphatic rings. The molecule has 6 heavy (non-hydrogen) atoms. The van der Waals surface area contributed by atoms with Crippen LogP contribution in [0.1, 0.15) is 0 Å². The summed E-state index contributed by atoms with van der Waals surface area (Å²) in [6, 6.07) is 1.72. The van der Waals surface area contributed by atoms with Crippen LogP contribution in [-0.2, 0) is 0 Å². The first kappa shape index (κ1) is 5.14. The fourth-order valence-electron chi connectivity index (χ4n) is 0.176. The van der Waals surface area contributed by atoms with Crippen LogP contribution in [0.4, 0.5) is 4.70 Å². The third-order valence-electron chi connectivity index (χ3n) is 0.347. The first-order valence-corrected chi connectivity index (χ1v) is 1.34. The second-order valence-corrected chi connectivity index (χ2v) is 0.688. The quantitative estimate of drug-likeness (QED) is 0.470. The fourth-order valence-corrected chi connectivity index (χ4v) is 0.176. The van der Waals surface area contributed by atoms with Gasteiger partial charge < -0.3 is 4.52 Å². The Morgan fingerprint density at radius 2 is 2.33 bits per heavy atom. The van der Waals surface area contributed by atoms with Crippen molar-refractivity contribution in [1.82, 2.24) is 5.16 Å². The van der Waals surface area contributed by atoms with E-state index in [1.807, 2.05) is 0 Å². The van der Waals surface area contributed by atoms with Gasteiger partial charge in [-0.25, -0.2) is 0 Å². The smallest absolute Gasteiger partial charge is 0.123 e. The van der Waals surface area contributed by atoms with Crippen LogP contribution in [0.2, 0.25) is 0 Å². The van der Waals surface area contributed by atoms with E-state index in [0.29, 0.717) is 0 Å². The maximum absolute atomic E-state index is 4.33. The minimum Gasteiger partial charge on any atom is -0.365 e. The molecule has 0 unspecified atom stereocenters. The highest BCUT2D eigenvalue weighted by Gasteiger charge is 1.60. The van der Waals surface area contributed by atoms with Gasteiger partial charge in [-0.05, 0) is 6.07 Å². The van der Waals surface area contributed by atoms with Gasteiger partial charge in [0.05, 0.1) is 6.20 Å². The molecule has 0 amide bonds. The third-order valence-corrected chi connectivity index (χ3v) is 0.347. The largest absolute Gasteiger partial charge is 0.365 e. The van der Waals surface area contributed by atoms with Gasteiger partial charge in [-0.1, -0.05) is 5.16 Å². The highest BCUT2D eigenvalue weighted by atomic mass is 19.0. The summed E-state index contributed by atoms with van der Waals surface area (Å²) in [5.41, 5.74) is 0. The molecule has 2 nitrogen and oxygen atoms in total. The lowest BCUT2D eigenvalue weighted by atomic mass is 10.8. The molecule has 0 saturated heterocycles. The Kier molecular flexibility index (Phi) is 2.04. The summed E-state index contributed by atoms with van der Waals surface area (Å²) in [7, 11) is 0. The lowest BCUT2D eigenvalue weighted by Crippen LogP contribution is -1.38. The lowest BCUT2D eigenvalue weighted by Gasteiger charge is -1.48. The Morgan fingerprint density at radius 1 is 1.50 bits per heavy atom. The summed E-state index contributed by atoms with van der Waals surface area (Å²) >= 11 is 0. The van der Waals surface area contributed by atoms with Crippen molar-refractivity contribution in [2.45, 2.75) is 0 Å². The third kappa shape index (κ3) is 0.839. The van der Waals surface area contributed by atoms with E-state index in [1.165, 1.54) is 6.26 Å². The minimum atomic E-state index is 0. The maximum Gasteiger partial charge on any atom is 0.123 e. The normalized spacial score (nSPS) is 6.67. The molecule has 1 rings (SSSR count). The molecule has 0 saturated carbocycles. The molecule has 0 spiro atoms. The number of hydrogen-bond acceptors (Lipinski definition) is 2. The van der Waals surface area contributed by atoms with E-state index in [-0.39, 0.29) is 4.70 Å². The second kappa shape index (κ2) is 2.38. The fraction of sp³-hybridized carbons (Fsp3) is 0. The summed E-state index contributed by atoms with van der Waals surface area (Å²) in [6.45, 7) is 0. The Morgan fingerprint density at radius 3 is 2.50 bits per heavy atom. The Hall–Kier alpha value is -0.860. The number of aromatic nitrogens is 1. The SMILES string of the molecule is F.c1cnoc1. The maximum atomic E-state index is 4.33. The van der Waals surface area contributed by atoms with Crippen LogP contribution in [0.25, 0.3) is 0 Å². The monoisotopic (exact) mass is 89.0 g/mol. The van der Waals surface area contributed by atoms with Crippen molar-refractivity contribution in [3.63, 3.8) is 0 Å². The highest BCUT2D eigenvalue weighted by molar-refractivity contribution is 4.67. The van der Waals surface area contributed by atoms with Gasteiger partial charge in [0.2, 0.25) is 0 Å². The molecule has 0 aliphatic heterocycles. The van der Waals surface area contributed by atoms with Crippen LogP contribution in [0.15, 0.2) is 23.0 Å². The van der Waals surface area contributed by atoms with Crippen molar-refractivity contribution >= 4 is 0 Å². The molecule has 1 heterocycles. The van der Waals surface area contributed by atoms with E-state index >= 15 is 0 Å². The number of halogens is 1. The highest BCUT2D eigenvalue weighted by Crippen LogP contribution is 1.72. The minimum absolute atomic E-state index is 0. The van der Waals surface area contributed by atoms with Crippen molar-refractivity contribution < 1.29 is 9.23 Å². The van der Waals surface area contributed by atoms with E-state index in [9.17, 15) is 0 Å². The van der Waals surface area contributed by atoms with Crippen molar-refractivity contribution in [2.75, 3.05) is 0 Å². The summed E-state index contributed by atoms with van der Waals surface area (Å²) < 4.78 is 4.33. The Labute approximate surface area is 34.1 Å². The summed E-state index contributed by atoms with van der Waals surface area (Å²) in [6.07, 6.45) is 3.10. The standard InChI is InChI=1S/C3H3NO.FH/c1-2-4-5-3-1;/h1-3H;1H. The Bertz CT molecular complexity index is 67.3. The average Bonchev–Trinajstić information content (AvgIpc) is 1.76. The zero-order valence-electron chi connectivity index (χ0n) is 3.00. The van der Waals surface area contributed by atoms with Gasteiger partial charge in [-0.2, -0.15) is 0 Å². The molecule has 0 aliphatic carbocycles. The predicted molar refractivity (Wildman–Crippen MR) is 19.0 cm³/mol. The Balaban J connectivity index is 0.000000250. The van der Waals surface area contributed by atoms with Crippen LogP contribution in [0.5, 0.6) is 0 Å². The molecule has 0 radical (unpaired) electrons.